The number of H-pyrrole nitrogens is 1. The van der Waals surface area contributed by atoms with Crippen molar-refractivity contribution < 1.29 is 9.53 Å². The standard InChI is InChI=1S/C24H22N4O2/c29-24(17-7-5-16(6-8-17)21-10-12-26-28-21)27-23-15-30-14-19(23)13-18-9-11-25-22-4-2-1-3-20(18)22/h1-12,19,23H,13-15H2,(H,26,28)(H,27,29)/t19-,23+/m1/s1. The van der Waals surface area contributed by atoms with Gasteiger partial charge in [-0.25, -0.2) is 0 Å². The number of para-hydroxylation sites is 1. The number of fused-ring (bicyclic) bond motifs is 1. The third-order valence-corrected chi connectivity index (χ3v) is 5.70. The van der Waals surface area contributed by atoms with E-state index in [0.29, 0.717) is 18.8 Å². The molecular formula is C24H22N4O2. The van der Waals surface area contributed by atoms with Gasteiger partial charge in [0.15, 0.2) is 0 Å². The summed E-state index contributed by atoms with van der Waals surface area (Å²) >= 11 is 0. The third kappa shape index (κ3) is 3.69. The van der Waals surface area contributed by atoms with Crippen LogP contribution in [0.5, 0.6) is 0 Å². The molecule has 150 valence electrons. The predicted molar refractivity (Wildman–Crippen MR) is 115 cm³/mol. The van der Waals surface area contributed by atoms with E-state index in [-0.39, 0.29) is 17.9 Å². The molecule has 1 fully saturated rings. The van der Waals surface area contributed by atoms with Crippen LogP contribution in [-0.4, -0.2) is 40.3 Å². The Morgan fingerprint density at radius 2 is 1.90 bits per heavy atom. The highest BCUT2D eigenvalue weighted by molar-refractivity contribution is 5.94. The van der Waals surface area contributed by atoms with Crippen molar-refractivity contribution in [3.63, 3.8) is 0 Å². The Morgan fingerprint density at radius 1 is 1.03 bits per heavy atom. The van der Waals surface area contributed by atoms with Gasteiger partial charge in [-0.15, -0.1) is 0 Å². The molecule has 0 unspecified atom stereocenters. The zero-order chi connectivity index (χ0) is 20.3. The molecule has 0 aliphatic carbocycles. The highest BCUT2D eigenvalue weighted by Crippen LogP contribution is 2.24. The van der Waals surface area contributed by atoms with Gasteiger partial charge >= 0.3 is 0 Å². The average molecular weight is 398 g/mol. The quantitative estimate of drug-likeness (QED) is 0.538. The van der Waals surface area contributed by atoms with Crippen LogP contribution in [0.15, 0.2) is 73.1 Å². The van der Waals surface area contributed by atoms with Crippen LogP contribution >= 0.6 is 0 Å². The first-order chi connectivity index (χ1) is 14.8. The number of hydrogen-bond donors (Lipinski definition) is 2. The SMILES string of the molecule is O=C(N[C@H]1COC[C@H]1Cc1ccnc2ccccc12)c1ccc(-c2ccn[nH]2)cc1. The first kappa shape index (κ1) is 18.5. The molecule has 1 amide bonds. The molecule has 1 aliphatic heterocycles. The third-order valence-electron chi connectivity index (χ3n) is 5.70. The van der Waals surface area contributed by atoms with Gasteiger partial charge in [0.2, 0.25) is 0 Å². The second-order valence-corrected chi connectivity index (χ2v) is 7.62. The number of carbonyl (C=O) groups is 1. The monoisotopic (exact) mass is 398 g/mol. The number of nitrogens with one attached hydrogen (secondary N) is 2. The summed E-state index contributed by atoms with van der Waals surface area (Å²) in [7, 11) is 0. The van der Waals surface area contributed by atoms with Crippen molar-refractivity contribution in [2.75, 3.05) is 13.2 Å². The van der Waals surface area contributed by atoms with Crippen LogP contribution in [0.3, 0.4) is 0 Å². The van der Waals surface area contributed by atoms with Crippen molar-refractivity contribution in [2.45, 2.75) is 12.5 Å². The fraction of sp³-hybridized carbons (Fsp3) is 0.208. The minimum absolute atomic E-state index is 0.0169. The summed E-state index contributed by atoms with van der Waals surface area (Å²) in [5.74, 6) is 0.148. The summed E-state index contributed by atoms with van der Waals surface area (Å²) in [4.78, 5) is 17.3. The Hall–Kier alpha value is -3.51. The molecule has 2 atom stereocenters. The lowest BCUT2D eigenvalue weighted by Crippen LogP contribution is -2.40. The maximum Gasteiger partial charge on any atom is 0.251 e. The minimum atomic E-state index is -0.0775. The molecule has 30 heavy (non-hydrogen) atoms. The van der Waals surface area contributed by atoms with E-state index in [1.54, 1.807) is 6.20 Å². The molecule has 3 heterocycles. The van der Waals surface area contributed by atoms with Gasteiger partial charge in [-0.1, -0.05) is 30.3 Å². The molecule has 2 aromatic carbocycles. The van der Waals surface area contributed by atoms with Crippen molar-refractivity contribution in [3.8, 4) is 11.3 Å². The Labute approximate surface area is 174 Å². The summed E-state index contributed by atoms with van der Waals surface area (Å²) in [6.07, 6.45) is 4.40. The summed E-state index contributed by atoms with van der Waals surface area (Å²) in [5.41, 5.74) is 4.79. The highest BCUT2D eigenvalue weighted by atomic mass is 16.5. The molecule has 0 saturated carbocycles. The van der Waals surface area contributed by atoms with E-state index in [4.69, 9.17) is 4.74 Å². The van der Waals surface area contributed by atoms with Gasteiger partial charge in [0.25, 0.3) is 5.91 Å². The van der Waals surface area contributed by atoms with Crippen molar-refractivity contribution in [3.05, 3.63) is 84.2 Å². The van der Waals surface area contributed by atoms with Crippen molar-refractivity contribution in [2.24, 2.45) is 5.92 Å². The molecule has 6 heteroatoms. The Balaban J connectivity index is 1.29. The van der Waals surface area contributed by atoms with Crippen LogP contribution in [0.4, 0.5) is 0 Å². The molecule has 2 aromatic heterocycles. The van der Waals surface area contributed by atoms with Crippen LogP contribution in [0.2, 0.25) is 0 Å². The van der Waals surface area contributed by atoms with Crippen molar-refractivity contribution in [1.82, 2.24) is 20.5 Å². The average Bonchev–Trinajstić information content (AvgIpc) is 3.47. The number of ether oxygens (including phenoxy) is 1. The highest BCUT2D eigenvalue weighted by Gasteiger charge is 2.30. The number of amides is 1. The van der Waals surface area contributed by atoms with Gasteiger partial charge < -0.3 is 10.1 Å². The van der Waals surface area contributed by atoms with E-state index in [0.717, 1.165) is 28.6 Å². The molecule has 6 nitrogen and oxygen atoms in total. The fourth-order valence-electron chi connectivity index (χ4n) is 4.04. The van der Waals surface area contributed by atoms with E-state index in [9.17, 15) is 4.79 Å². The zero-order valence-electron chi connectivity index (χ0n) is 16.4. The van der Waals surface area contributed by atoms with Gasteiger partial charge in [0.05, 0.1) is 30.5 Å². The molecule has 0 spiro atoms. The first-order valence-electron chi connectivity index (χ1n) is 10.1. The van der Waals surface area contributed by atoms with Gasteiger partial charge in [-0.05, 0) is 47.9 Å². The molecule has 4 aromatic rings. The molecule has 0 radical (unpaired) electrons. The number of rotatable bonds is 5. The van der Waals surface area contributed by atoms with E-state index in [1.807, 2.05) is 54.7 Å². The number of nitrogens with zero attached hydrogens (tertiary/aromatic N) is 2. The maximum absolute atomic E-state index is 12.8. The Bertz CT molecular complexity index is 1150. The smallest absolute Gasteiger partial charge is 0.251 e. The molecular weight excluding hydrogens is 376 g/mol. The van der Waals surface area contributed by atoms with Crippen LogP contribution in [0, 0.1) is 5.92 Å². The largest absolute Gasteiger partial charge is 0.379 e. The van der Waals surface area contributed by atoms with Gasteiger partial charge in [0.1, 0.15) is 0 Å². The lowest BCUT2D eigenvalue weighted by Gasteiger charge is -2.20. The Morgan fingerprint density at radius 3 is 2.73 bits per heavy atom. The van der Waals surface area contributed by atoms with E-state index in [2.05, 4.69) is 32.6 Å². The normalized spacial score (nSPS) is 18.5. The van der Waals surface area contributed by atoms with Gasteiger partial charge in [-0.2, -0.15) is 5.10 Å². The summed E-state index contributed by atoms with van der Waals surface area (Å²) in [6, 6.07) is 19.6. The number of aromatic amines is 1. The minimum Gasteiger partial charge on any atom is -0.379 e. The van der Waals surface area contributed by atoms with E-state index in [1.165, 1.54) is 5.56 Å². The zero-order valence-corrected chi connectivity index (χ0v) is 16.4. The van der Waals surface area contributed by atoms with Gasteiger partial charge in [0, 0.05) is 29.3 Å². The predicted octanol–water partition coefficient (Wildman–Crippen LogP) is 3.61. The summed E-state index contributed by atoms with van der Waals surface area (Å²) < 4.78 is 5.72. The lowest BCUT2D eigenvalue weighted by molar-refractivity contribution is 0.0925. The fourth-order valence-corrected chi connectivity index (χ4v) is 4.04. The lowest BCUT2D eigenvalue weighted by atomic mass is 9.93. The molecule has 0 bridgehead atoms. The molecule has 2 N–H and O–H groups in total. The molecule has 5 rings (SSSR count). The van der Waals surface area contributed by atoms with Crippen molar-refractivity contribution in [1.29, 1.82) is 0 Å². The van der Waals surface area contributed by atoms with Crippen LogP contribution in [0.25, 0.3) is 22.2 Å². The van der Waals surface area contributed by atoms with Crippen molar-refractivity contribution >= 4 is 16.8 Å². The second kappa shape index (κ2) is 8.08. The number of aromatic nitrogens is 3. The second-order valence-electron chi connectivity index (χ2n) is 7.62. The molecule has 1 saturated heterocycles. The number of carbonyl (C=O) groups excluding carboxylic acids is 1. The van der Waals surface area contributed by atoms with E-state index < -0.39 is 0 Å². The number of hydrogen-bond acceptors (Lipinski definition) is 4. The molecule has 1 aliphatic rings. The van der Waals surface area contributed by atoms with Crippen LogP contribution < -0.4 is 5.32 Å². The Kier molecular flexibility index (Phi) is 4.99. The summed E-state index contributed by atoms with van der Waals surface area (Å²) in [6.45, 7) is 1.17. The van der Waals surface area contributed by atoms with Crippen LogP contribution in [0.1, 0.15) is 15.9 Å². The maximum atomic E-state index is 12.8. The van der Waals surface area contributed by atoms with Gasteiger partial charge in [-0.3, -0.25) is 14.9 Å². The number of pyridine rings is 1. The number of benzene rings is 2. The topological polar surface area (TPSA) is 79.9 Å². The summed E-state index contributed by atoms with van der Waals surface area (Å²) in [5, 5.41) is 11.2. The van der Waals surface area contributed by atoms with E-state index >= 15 is 0 Å². The first-order valence-corrected chi connectivity index (χ1v) is 10.1. The van der Waals surface area contributed by atoms with Crippen LogP contribution in [-0.2, 0) is 11.2 Å².